The highest BCUT2D eigenvalue weighted by Gasteiger charge is 2.22. The number of likely N-dealkylation sites (tertiary alicyclic amines) is 1. The predicted molar refractivity (Wildman–Crippen MR) is 92.7 cm³/mol. The third-order valence-electron chi connectivity index (χ3n) is 4.55. The zero-order valence-corrected chi connectivity index (χ0v) is 14.7. The van der Waals surface area contributed by atoms with E-state index >= 15 is 0 Å². The predicted octanol–water partition coefficient (Wildman–Crippen LogP) is 2.35. The van der Waals surface area contributed by atoms with Crippen molar-refractivity contribution in [2.24, 2.45) is 0 Å². The molecule has 0 bridgehead atoms. The molecule has 2 aliphatic rings. The molecule has 0 saturated carbocycles. The minimum absolute atomic E-state index is 0. The number of amides is 1. The van der Waals surface area contributed by atoms with Crippen molar-refractivity contribution in [3.05, 3.63) is 0 Å². The smallest absolute Gasteiger partial charge is 0.237 e. The minimum Gasteiger partial charge on any atom is -0.353 e. The molecule has 21 heavy (non-hydrogen) atoms. The molecule has 2 aliphatic heterocycles. The summed E-state index contributed by atoms with van der Waals surface area (Å²) in [5.74, 6) is 0.199. The Hall–Kier alpha value is -0.0300. The van der Waals surface area contributed by atoms with Gasteiger partial charge < -0.3 is 10.6 Å². The van der Waals surface area contributed by atoms with Gasteiger partial charge in [0.25, 0.3) is 0 Å². The van der Waals surface area contributed by atoms with E-state index in [0.29, 0.717) is 0 Å². The maximum atomic E-state index is 12.0. The molecule has 2 atom stereocenters. The van der Waals surface area contributed by atoms with Crippen molar-refractivity contribution in [1.29, 1.82) is 0 Å². The number of halogens is 2. The third kappa shape index (κ3) is 6.72. The summed E-state index contributed by atoms with van der Waals surface area (Å²) in [7, 11) is 0. The van der Waals surface area contributed by atoms with Gasteiger partial charge in [0.1, 0.15) is 0 Å². The van der Waals surface area contributed by atoms with E-state index in [9.17, 15) is 4.79 Å². The molecule has 2 N–H and O–H groups in total. The standard InChI is InChI=1S/C15H29N3O.2ClH/c1-2-13-7-4-6-11-18(13)12-10-17-15(19)14-8-3-5-9-16-14;;/h13-14,16H,2-12H2,1H3,(H,17,19);2*1H/t13?,14-;;/m1../s1. The van der Waals surface area contributed by atoms with E-state index in [0.717, 1.165) is 32.1 Å². The van der Waals surface area contributed by atoms with Gasteiger partial charge >= 0.3 is 0 Å². The van der Waals surface area contributed by atoms with Crippen LogP contribution in [0.15, 0.2) is 0 Å². The van der Waals surface area contributed by atoms with Crippen molar-refractivity contribution in [1.82, 2.24) is 15.5 Å². The highest BCUT2D eigenvalue weighted by molar-refractivity contribution is 5.85. The van der Waals surface area contributed by atoms with E-state index in [1.807, 2.05) is 0 Å². The molecule has 2 saturated heterocycles. The van der Waals surface area contributed by atoms with Gasteiger partial charge in [0, 0.05) is 19.1 Å². The molecule has 0 radical (unpaired) electrons. The van der Waals surface area contributed by atoms with Crippen LogP contribution < -0.4 is 10.6 Å². The molecule has 0 aromatic heterocycles. The Morgan fingerprint density at radius 3 is 2.62 bits per heavy atom. The summed E-state index contributed by atoms with van der Waals surface area (Å²) in [5.41, 5.74) is 0. The van der Waals surface area contributed by atoms with Crippen molar-refractivity contribution in [3.8, 4) is 0 Å². The lowest BCUT2D eigenvalue weighted by atomic mass is 10.0. The summed E-state index contributed by atoms with van der Waals surface area (Å²) in [4.78, 5) is 14.6. The van der Waals surface area contributed by atoms with Gasteiger partial charge in [-0.25, -0.2) is 0 Å². The number of rotatable bonds is 5. The highest BCUT2D eigenvalue weighted by Crippen LogP contribution is 2.18. The monoisotopic (exact) mass is 339 g/mol. The number of nitrogens with one attached hydrogen (secondary N) is 2. The van der Waals surface area contributed by atoms with Crippen LogP contribution in [0.3, 0.4) is 0 Å². The fourth-order valence-corrected chi connectivity index (χ4v) is 3.34. The molecule has 4 nitrogen and oxygen atoms in total. The van der Waals surface area contributed by atoms with E-state index in [1.165, 1.54) is 45.1 Å². The normalized spacial score (nSPS) is 26.3. The van der Waals surface area contributed by atoms with Crippen LogP contribution in [0.4, 0.5) is 0 Å². The highest BCUT2D eigenvalue weighted by atomic mass is 35.5. The first-order valence-electron chi connectivity index (χ1n) is 8.06. The van der Waals surface area contributed by atoms with Crippen LogP contribution in [0, 0.1) is 0 Å². The molecule has 2 heterocycles. The lowest BCUT2D eigenvalue weighted by molar-refractivity contribution is -0.123. The van der Waals surface area contributed by atoms with Crippen molar-refractivity contribution in [3.63, 3.8) is 0 Å². The molecular formula is C15H31Cl2N3O. The molecular weight excluding hydrogens is 309 g/mol. The number of carbonyl (C=O) groups is 1. The van der Waals surface area contributed by atoms with Gasteiger partial charge in [-0.05, 0) is 45.2 Å². The van der Waals surface area contributed by atoms with Gasteiger partial charge in [0.05, 0.1) is 6.04 Å². The van der Waals surface area contributed by atoms with E-state index < -0.39 is 0 Å². The van der Waals surface area contributed by atoms with Gasteiger partial charge in [-0.1, -0.05) is 19.8 Å². The van der Waals surface area contributed by atoms with Crippen molar-refractivity contribution >= 4 is 30.7 Å². The van der Waals surface area contributed by atoms with Gasteiger partial charge in [-0.15, -0.1) is 24.8 Å². The van der Waals surface area contributed by atoms with Crippen LogP contribution in [0.5, 0.6) is 0 Å². The summed E-state index contributed by atoms with van der Waals surface area (Å²) < 4.78 is 0. The van der Waals surface area contributed by atoms with Crippen LogP contribution in [-0.2, 0) is 4.79 Å². The van der Waals surface area contributed by atoms with Crippen molar-refractivity contribution in [2.45, 2.75) is 64.0 Å². The molecule has 6 heteroatoms. The molecule has 0 aromatic rings. The third-order valence-corrected chi connectivity index (χ3v) is 4.55. The minimum atomic E-state index is 0. The van der Waals surface area contributed by atoms with Crippen LogP contribution in [0.25, 0.3) is 0 Å². The van der Waals surface area contributed by atoms with Crippen LogP contribution in [0.2, 0.25) is 0 Å². The largest absolute Gasteiger partial charge is 0.353 e. The second-order valence-electron chi connectivity index (χ2n) is 5.89. The number of hydrogen-bond donors (Lipinski definition) is 2. The summed E-state index contributed by atoms with van der Waals surface area (Å²) in [5, 5.41) is 6.40. The fraction of sp³-hybridized carbons (Fsp3) is 0.933. The molecule has 1 unspecified atom stereocenters. The topological polar surface area (TPSA) is 44.4 Å². The molecule has 2 rings (SSSR count). The van der Waals surface area contributed by atoms with Crippen LogP contribution >= 0.6 is 24.8 Å². The van der Waals surface area contributed by atoms with E-state index in [-0.39, 0.29) is 36.8 Å². The van der Waals surface area contributed by atoms with Crippen LogP contribution in [-0.4, -0.2) is 49.1 Å². The molecule has 1 amide bonds. The Morgan fingerprint density at radius 2 is 1.95 bits per heavy atom. The lowest BCUT2D eigenvalue weighted by Crippen LogP contribution is -2.49. The Kier molecular flexibility index (Phi) is 11.5. The maximum absolute atomic E-state index is 12.0. The average Bonchev–Trinajstić information content (AvgIpc) is 2.48. The second-order valence-corrected chi connectivity index (χ2v) is 5.89. The molecule has 0 spiro atoms. The summed E-state index contributed by atoms with van der Waals surface area (Å²) in [6.45, 7) is 6.27. The lowest BCUT2D eigenvalue weighted by Gasteiger charge is -2.35. The first-order chi connectivity index (χ1) is 9.31. The fourth-order valence-electron chi connectivity index (χ4n) is 3.34. The van der Waals surface area contributed by atoms with E-state index in [4.69, 9.17) is 0 Å². The second kappa shape index (κ2) is 11.5. The molecule has 126 valence electrons. The Bertz CT molecular complexity index is 286. The molecule has 2 fully saturated rings. The zero-order chi connectivity index (χ0) is 13.5. The Labute approximate surface area is 141 Å². The summed E-state index contributed by atoms with van der Waals surface area (Å²) >= 11 is 0. The SMILES string of the molecule is CCC1CCCCN1CCNC(=O)[C@H]1CCCCN1.Cl.Cl. The van der Waals surface area contributed by atoms with Crippen LogP contribution in [0.1, 0.15) is 51.9 Å². The number of piperidine rings is 2. The Balaban J connectivity index is 0.00000200. The number of nitrogens with zero attached hydrogens (tertiary/aromatic N) is 1. The van der Waals surface area contributed by atoms with E-state index in [2.05, 4.69) is 22.5 Å². The Morgan fingerprint density at radius 1 is 1.19 bits per heavy atom. The van der Waals surface area contributed by atoms with Gasteiger partial charge in [-0.2, -0.15) is 0 Å². The van der Waals surface area contributed by atoms with Crippen molar-refractivity contribution < 1.29 is 4.79 Å². The quantitative estimate of drug-likeness (QED) is 0.808. The van der Waals surface area contributed by atoms with E-state index in [1.54, 1.807) is 0 Å². The first kappa shape index (κ1) is 21.0. The first-order valence-corrected chi connectivity index (χ1v) is 8.06. The summed E-state index contributed by atoms with van der Waals surface area (Å²) in [6, 6.07) is 0.788. The maximum Gasteiger partial charge on any atom is 0.237 e. The zero-order valence-electron chi connectivity index (χ0n) is 13.1. The van der Waals surface area contributed by atoms with Gasteiger partial charge in [-0.3, -0.25) is 9.69 Å². The number of carbonyl (C=O) groups excluding carboxylic acids is 1. The molecule has 0 aliphatic carbocycles. The number of hydrogen-bond acceptors (Lipinski definition) is 3. The molecule has 0 aromatic carbocycles. The van der Waals surface area contributed by atoms with Gasteiger partial charge in [0.15, 0.2) is 0 Å². The summed E-state index contributed by atoms with van der Waals surface area (Å²) in [6.07, 6.45) is 8.62. The average molecular weight is 340 g/mol. The van der Waals surface area contributed by atoms with Crippen molar-refractivity contribution in [2.75, 3.05) is 26.2 Å². The van der Waals surface area contributed by atoms with Gasteiger partial charge in [0.2, 0.25) is 5.91 Å².